The van der Waals surface area contributed by atoms with Crippen LogP contribution in [0.2, 0.25) is 0 Å². The fourth-order valence-electron chi connectivity index (χ4n) is 2.23. The summed E-state index contributed by atoms with van der Waals surface area (Å²) in [6.45, 7) is 2.53. The number of nitrogens with two attached hydrogens (primary N) is 1. The summed E-state index contributed by atoms with van der Waals surface area (Å²) in [5, 5.41) is 0.0139. The molecule has 1 heterocycles. The zero-order valence-electron chi connectivity index (χ0n) is 11.8. The van der Waals surface area contributed by atoms with E-state index in [2.05, 4.69) is 0 Å². The summed E-state index contributed by atoms with van der Waals surface area (Å²) in [5.41, 5.74) is 5.19. The number of benzene rings is 1. The van der Waals surface area contributed by atoms with Crippen LogP contribution >= 0.6 is 0 Å². The molecule has 1 aromatic heterocycles. The van der Waals surface area contributed by atoms with Crippen LogP contribution in [0.5, 0.6) is 0 Å². The number of nitrogens with zero attached hydrogens (tertiary/aromatic N) is 1. The second-order valence-electron chi connectivity index (χ2n) is 4.68. The van der Waals surface area contributed by atoms with Gasteiger partial charge in [-0.05, 0) is 25.1 Å². The van der Waals surface area contributed by atoms with Crippen LogP contribution in [-0.4, -0.2) is 30.8 Å². The van der Waals surface area contributed by atoms with Crippen molar-refractivity contribution in [3.8, 4) is 0 Å². The molecule has 7 nitrogen and oxygen atoms in total. The Morgan fingerprint density at radius 2 is 2.00 bits per heavy atom. The van der Waals surface area contributed by atoms with E-state index in [0.717, 1.165) is 23.8 Å². The van der Waals surface area contributed by atoms with E-state index in [1.807, 2.05) is 0 Å². The molecule has 0 saturated carbocycles. The Bertz CT molecular complexity index is 885. The van der Waals surface area contributed by atoms with Gasteiger partial charge in [-0.2, -0.15) is 4.73 Å². The topological polar surface area (TPSA) is 108 Å². The lowest BCUT2D eigenvalue weighted by atomic mass is 10.2. The van der Waals surface area contributed by atoms with E-state index in [-0.39, 0.29) is 21.5 Å². The van der Waals surface area contributed by atoms with E-state index in [1.165, 1.54) is 13.0 Å². The number of sulfone groups is 1. The van der Waals surface area contributed by atoms with Crippen molar-refractivity contribution in [3.05, 3.63) is 29.7 Å². The van der Waals surface area contributed by atoms with Crippen LogP contribution in [0.3, 0.4) is 0 Å². The van der Waals surface area contributed by atoms with E-state index in [1.54, 1.807) is 0 Å². The number of carbonyl (C=O) groups is 2. The minimum atomic E-state index is -4.10. The molecule has 2 aromatic rings. The summed E-state index contributed by atoms with van der Waals surface area (Å²) in [4.78, 5) is 26.8. The van der Waals surface area contributed by atoms with E-state index in [9.17, 15) is 22.4 Å². The number of hydrogen-bond acceptors (Lipinski definition) is 5. The normalized spacial score (nSPS) is 11.6. The number of primary amides is 1. The molecule has 0 unspecified atom stereocenters. The molecular formula is C13H13FN2O5S. The standard InChI is InChI=1S/C13H13FN2O5S/c1-7-13(22(19,20)6-12(15)18)10-5-9(14)3-4-11(10)16(7)21-8(2)17/h3-5H,6H2,1-2H3,(H2,15,18). The molecule has 2 rings (SSSR count). The molecule has 0 aliphatic rings. The van der Waals surface area contributed by atoms with Crippen molar-refractivity contribution in [2.75, 3.05) is 5.75 Å². The average molecular weight is 328 g/mol. The molecule has 0 aliphatic heterocycles. The molecular weight excluding hydrogens is 315 g/mol. The van der Waals surface area contributed by atoms with Gasteiger partial charge in [-0.25, -0.2) is 17.6 Å². The highest BCUT2D eigenvalue weighted by atomic mass is 32.2. The quantitative estimate of drug-likeness (QED) is 0.869. The fourth-order valence-corrected chi connectivity index (χ4v) is 3.78. The fraction of sp³-hybridized carbons (Fsp3) is 0.231. The highest BCUT2D eigenvalue weighted by molar-refractivity contribution is 7.92. The number of carbonyl (C=O) groups excluding carboxylic acids is 2. The second kappa shape index (κ2) is 5.41. The smallest absolute Gasteiger partial charge is 0.329 e. The van der Waals surface area contributed by atoms with Crippen molar-refractivity contribution in [2.24, 2.45) is 5.73 Å². The lowest BCUT2D eigenvalue weighted by Crippen LogP contribution is -2.24. The van der Waals surface area contributed by atoms with Gasteiger partial charge in [0.25, 0.3) is 0 Å². The summed E-state index contributed by atoms with van der Waals surface area (Å²) >= 11 is 0. The number of rotatable bonds is 4. The third kappa shape index (κ3) is 2.80. The van der Waals surface area contributed by atoms with Crippen molar-refractivity contribution in [2.45, 2.75) is 18.7 Å². The van der Waals surface area contributed by atoms with Crippen LogP contribution in [0.15, 0.2) is 23.1 Å². The maximum Gasteiger partial charge on any atom is 0.329 e. The minimum absolute atomic E-state index is 0.0139. The zero-order valence-corrected chi connectivity index (χ0v) is 12.6. The molecule has 0 aliphatic carbocycles. The van der Waals surface area contributed by atoms with Gasteiger partial charge >= 0.3 is 5.97 Å². The highest BCUT2D eigenvalue weighted by Gasteiger charge is 2.28. The monoisotopic (exact) mass is 328 g/mol. The minimum Gasteiger partial charge on any atom is -0.369 e. The van der Waals surface area contributed by atoms with E-state index < -0.39 is 33.3 Å². The lowest BCUT2D eigenvalue weighted by Gasteiger charge is -2.06. The number of fused-ring (bicyclic) bond motifs is 1. The number of halogens is 1. The summed E-state index contributed by atoms with van der Waals surface area (Å²) in [6.07, 6.45) is 0. The van der Waals surface area contributed by atoms with Gasteiger partial charge < -0.3 is 10.6 Å². The van der Waals surface area contributed by atoms with Crippen molar-refractivity contribution in [3.63, 3.8) is 0 Å². The van der Waals surface area contributed by atoms with Gasteiger partial charge in [0.2, 0.25) is 5.91 Å². The van der Waals surface area contributed by atoms with E-state index >= 15 is 0 Å². The molecule has 0 saturated heterocycles. The summed E-state index contributed by atoms with van der Waals surface area (Å²) in [5.74, 6) is -3.31. The Kier molecular flexibility index (Phi) is 3.92. The van der Waals surface area contributed by atoms with Crippen LogP contribution in [0.4, 0.5) is 4.39 Å². The Balaban J connectivity index is 2.83. The molecule has 22 heavy (non-hydrogen) atoms. The Hall–Kier alpha value is -2.42. The first-order valence-corrected chi connectivity index (χ1v) is 7.79. The van der Waals surface area contributed by atoms with Gasteiger partial charge in [-0.15, -0.1) is 0 Å². The van der Waals surface area contributed by atoms with Crippen LogP contribution in [0.25, 0.3) is 10.9 Å². The first-order valence-electron chi connectivity index (χ1n) is 6.14. The maximum absolute atomic E-state index is 13.5. The Morgan fingerprint density at radius 3 is 2.55 bits per heavy atom. The summed E-state index contributed by atoms with van der Waals surface area (Å²) < 4.78 is 39.1. The molecule has 9 heteroatoms. The molecule has 0 fully saturated rings. The van der Waals surface area contributed by atoms with Crippen LogP contribution in [0, 0.1) is 12.7 Å². The Labute approximate surface area is 125 Å². The van der Waals surface area contributed by atoms with Gasteiger partial charge in [0.15, 0.2) is 9.84 Å². The van der Waals surface area contributed by atoms with Crippen molar-refractivity contribution < 1.29 is 27.2 Å². The number of hydrogen-bond donors (Lipinski definition) is 1. The van der Waals surface area contributed by atoms with Crippen LogP contribution in [0.1, 0.15) is 12.6 Å². The van der Waals surface area contributed by atoms with Crippen LogP contribution < -0.4 is 10.6 Å². The van der Waals surface area contributed by atoms with Crippen LogP contribution in [-0.2, 0) is 19.4 Å². The molecule has 118 valence electrons. The van der Waals surface area contributed by atoms with Gasteiger partial charge in [-0.3, -0.25) is 4.79 Å². The van der Waals surface area contributed by atoms with Crippen molar-refractivity contribution in [1.82, 2.24) is 4.73 Å². The molecule has 1 aromatic carbocycles. The van der Waals surface area contributed by atoms with Gasteiger partial charge in [-0.1, -0.05) is 0 Å². The Morgan fingerprint density at radius 1 is 1.36 bits per heavy atom. The van der Waals surface area contributed by atoms with E-state index in [0.29, 0.717) is 0 Å². The number of amides is 1. The maximum atomic E-state index is 13.5. The van der Waals surface area contributed by atoms with Crippen molar-refractivity contribution >= 4 is 32.6 Å². The highest BCUT2D eigenvalue weighted by Crippen LogP contribution is 2.30. The van der Waals surface area contributed by atoms with Gasteiger partial charge in [0.1, 0.15) is 11.6 Å². The lowest BCUT2D eigenvalue weighted by molar-refractivity contribution is -0.141. The van der Waals surface area contributed by atoms with Crippen molar-refractivity contribution in [1.29, 1.82) is 0 Å². The third-order valence-electron chi connectivity index (χ3n) is 2.92. The zero-order chi connectivity index (χ0) is 16.7. The predicted octanol–water partition coefficient (Wildman–Crippen LogP) is 0.323. The SMILES string of the molecule is CC(=O)On1c(C)c(S(=O)(=O)CC(N)=O)c2cc(F)ccc21. The molecule has 0 atom stereocenters. The molecule has 0 spiro atoms. The first kappa shape index (κ1) is 16.0. The summed E-state index contributed by atoms with van der Waals surface area (Å²) in [7, 11) is -4.10. The molecule has 1 amide bonds. The molecule has 0 bridgehead atoms. The summed E-state index contributed by atoms with van der Waals surface area (Å²) in [6, 6.07) is 3.38. The first-order chi connectivity index (χ1) is 10.1. The molecule has 2 N–H and O–H groups in total. The average Bonchev–Trinajstić information content (AvgIpc) is 2.60. The molecule has 0 radical (unpaired) electrons. The number of aromatic nitrogens is 1. The van der Waals surface area contributed by atoms with Gasteiger partial charge in [0.05, 0.1) is 16.1 Å². The second-order valence-corrected chi connectivity index (χ2v) is 6.61. The van der Waals surface area contributed by atoms with E-state index in [4.69, 9.17) is 10.6 Å². The predicted molar refractivity (Wildman–Crippen MR) is 75.1 cm³/mol. The third-order valence-corrected chi connectivity index (χ3v) is 4.72. The largest absolute Gasteiger partial charge is 0.369 e. The van der Waals surface area contributed by atoms with Gasteiger partial charge in [0, 0.05) is 12.3 Å².